The predicted molar refractivity (Wildman–Crippen MR) is 296 cm³/mol. The van der Waals surface area contributed by atoms with E-state index in [0.29, 0.717) is 17.3 Å². The van der Waals surface area contributed by atoms with Crippen LogP contribution in [0.1, 0.15) is 137 Å². The second-order valence-electron chi connectivity index (χ2n) is 23.5. The lowest BCUT2D eigenvalue weighted by atomic mass is 9.33. The molecule has 0 N–H and O–H groups in total. The molecule has 1 aromatic heterocycles. The van der Waals surface area contributed by atoms with Crippen molar-refractivity contribution in [3.63, 3.8) is 0 Å². The summed E-state index contributed by atoms with van der Waals surface area (Å²) in [5.41, 5.74) is 10.6. The fourth-order valence-electron chi connectivity index (χ4n) is 12.0. The third-order valence-corrected chi connectivity index (χ3v) is 16.0. The molecular weight excluding hydrogens is 854 g/mol. The molecular formula is C64H66BN3O2. The van der Waals surface area contributed by atoms with Crippen molar-refractivity contribution >= 4 is 85.5 Å². The van der Waals surface area contributed by atoms with Crippen LogP contribution in [0.3, 0.4) is 0 Å². The maximum atomic E-state index is 9.57. The lowest BCUT2D eigenvalue weighted by molar-refractivity contribution is 0.0677. The third-order valence-electron chi connectivity index (χ3n) is 16.0. The van der Waals surface area contributed by atoms with Crippen LogP contribution in [0.5, 0.6) is 5.75 Å². The maximum Gasteiger partial charge on any atom is 0.257 e. The lowest BCUT2D eigenvalue weighted by Gasteiger charge is -2.44. The van der Waals surface area contributed by atoms with Crippen LogP contribution in [0.25, 0.3) is 11.0 Å². The van der Waals surface area contributed by atoms with Gasteiger partial charge in [0.1, 0.15) is 16.9 Å². The minimum Gasteiger partial charge on any atom is -0.486 e. The van der Waals surface area contributed by atoms with Crippen LogP contribution < -0.4 is 35.8 Å². The van der Waals surface area contributed by atoms with E-state index >= 15 is 0 Å². The quantitative estimate of drug-likeness (QED) is 0.161. The first-order chi connectivity index (χ1) is 37.4. The summed E-state index contributed by atoms with van der Waals surface area (Å²) >= 11 is 0. The summed E-state index contributed by atoms with van der Waals surface area (Å²) < 4.78 is 106. The minimum absolute atomic E-state index is 0.171. The zero-order valence-corrected chi connectivity index (χ0v) is 42.4. The van der Waals surface area contributed by atoms with Gasteiger partial charge in [-0.2, -0.15) is 0 Å². The number of anilines is 9. The molecule has 1 aliphatic carbocycles. The van der Waals surface area contributed by atoms with Gasteiger partial charge in [0, 0.05) is 67.6 Å². The Kier molecular flexibility index (Phi) is 7.50. The first kappa shape index (κ1) is 34.6. The second kappa shape index (κ2) is 15.2. The van der Waals surface area contributed by atoms with Crippen molar-refractivity contribution in [1.82, 2.24) is 0 Å². The number of fused-ring (bicyclic) bond motifs is 9. The van der Waals surface area contributed by atoms with Crippen LogP contribution in [-0.4, -0.2) is 12.3 Å². The number of benzene rings is 7. The Labute approximate surface area is 430 Å². The summed E-state index contributed by atoms with van der Waals surface area (Å²) in [6, 6.07) is 23.4. The summed E-state index contributed by atoms with van der Waals surface area (Å²) in [5.74, 6) is 1.37. The molecule has 4 heterocycles. The Morgan fingerprint density at radius 3 is 1.86 bits per heavy atom. The minimum atomic E-state index is -0.647. The molecule has 352 valence electrons. The van der Waals surface area contributed by atoms with E-state index in [9.17, 15) is 5.48 Å². The number of hydrogen-bond donors (Lipinski definition) is 0. The topological polar surface area (TPSA) is 32.1 Å². The van der Waals surface area contributed by atoms with E-state index in [4.69, 9.17) is 17.4 Å². The van der Waals surface area contributed by atoms with Gasteiger partial charge < -0.3 is 19.0 Å². The Morgan fingerprint density at radius 1 is 0.614 bits per heavy atom. The Balaban J connectivity index is 1.30. The molecule has 2 unspecified atom stereocenters. The molecule has 0 spiro atoms. The van der Waals surface area contributed by atoms with E-state index in [1.807, 2.05) is 12.1 Å². The molecule has 3 aliphatic heterocycles. The summed E-state index contributed by atoms with van der Waals surface area (Å²) in [5, 5.41) is 0.953. The SMILES string of the molecule is [2H]c1c([2H])c([2H])c(N(c2cc3c4c(c2)N(c2ccc(C(C)(C)C)cc2C)c2oc5c(C(C)(C)C)cccc5c2B4c2cc4c(cc2N3c2ccc(C(C)(C)C)cc2)OC2(C)CCCC42C)c2c([2H])c([2H])c([2H])c([2H])c2[2H])c([2H])c1[2H]. The highest BCUT2D eigenvalue weighted by atomic mass is 16.5. The van der Waals surface area contributed by atoms with E-state index in [-0.39, 0.29) is 38.7 Å². The molecule has 6 heteroatoms. The van der Waals surface area contributed by atoms with Gasteiger partial charge in [0.25, 0.3) is 6.71 Å². The van der Waals surface area contributed by atoms with Gasteiger partial charge in [0.2, 0.25) is 5.88 Å². The van der Waals surface area contributed by atoms with Crippen LogP contribution >= 0.6 is 0 Å². The highest BCUT2D eigenvalue weighted by Crippen LogP contribution is 2.60. The number of furan rings is 1. The van der Waals surface area contributed by atoms with Gasteiger partial charge in [-0.1, -0.05) is 154 Å². The zero-order chi connectivity index (χ0) is 57.6. The van der Waals surface area contributed by atoms with Gasteiger partial charge in [-0.05, 0) is 131 Å². The van der Waals surface area contributed by atoms with Crippen molar-refractivity contribution < 1.29 is 22.9 Å². The summed E-state index contributed by atoms with van der Waals surface area (Å²) in [6.07, 6.45) is 2.89. The molecule has 7 aromatic carbocycles. The summed E-state index contributed by atoms with van der Waals surface area (Å²) in [6.45, 7) is 25.8. The van der Waals surface area contributed by atoms with Crippen LogP contribution in [0, 0.1) is 6.92 Å². The molecule has 8 aromatic rings. The molecule has 70 heavy (non-hydrogen) atoms. The fourth-order valence-corrected chi connectivity index (χ4v) is 12.0. The fraction of sp³-hybridized carbons (Fsp3) is 0.312. The summed E-state index contributed by atoms with van der Waals surface area (Å²) in [7, 11) is 0. The highest BCUT2D eigenvalue weighted by molar-refractivity contribution is 7.01. The third kappa shape index (κ3) is 6.57. The molecule has 1 fully saturated rings. The van der Waals surface area contributed by atoms with Crippen LogP contribution in [-0.2, 0) is 21.7 Å². The van der Waals surface area contributed by atoms with Crippen molar-refractivity contribution in [1.29, 1.82) is 0 Å². The smallest absolute Gasteiger partial charge is 0.257 e. The molecule has 0 bridgehead atoms. The molecule has 2 atom stereocenters. The predicted octanol–water partition coefficient (Wildman–Crippen LogP) is 15.8. The standard InChI is InChI=1S/C64H66BN3O2/c1-40-35-42(61(5,6)7)29-32-51(40)68-54-37-46(66(43-21-15-13-16-22-43)44-23-17-14-18-24-44)36-53-57(54)65(56-47-25-19-26-48(62(8,9)10)58(47)69-59(56)68)50-38-49-55(70-64(12)34-20-33-63(49,64)11)39-52(50)67(53)45-30-27-41(28-31-45)60(2,3)4/h13-19,21-32,35-39H,20,33-34H2,1-12H3/i13D,14D,15D,16D,17D,18D,21D,22D,23D,24D. The monoisotopic (exact) mass is 930 g/mol. The molecule has 4 aliphatic rings. The number of aryl methyl sites for hydroxylation is 1. The Hall–Kier alpha value is -6.66. The van der Waals surface area contributed by atoms with Gasteiger partial charge in [-0.15, -0.1) is 0 Å². The molecule has 12 rings (SSSR count). The molecule has 0 saturated heterocycles. The number of nitrogens with zero attached hydrogens (tertiary/aromatic N) is 3. The van der Waals surface area contributed by atoms with E-state index < -0.39 is 72.7 Å². The lowest BCUT2D eigenvalue weighted by Crippen LogP contribution is -2.61. The first-order valence-electron chi connectivity index (χ1n) is 29.8. The average Bonchev–Trinajstić information content (AvgIpc) is 4.05. The first-order valence-corrected chi connectivity index (χ1v) is 24.8. The van der Waals surface area contributed by atoms with E-state index in [1.54, 1.807) is 0 Å². The van der Waals surface area contributed by atoms with E-state index in [0.717, 1.165) is 97.2 Å². The van der Waals surface area contributed by atoms with E-state index in [1.165, 1.54) is 4.90 Å². The number of rotatable bonds is 5. The largest absolute Gasteiger partial charge is 0.486 e. The van der Waals surface area contributed by atoms with Crippen molar-refractivity contribution in [3.8, 4) is 5.75 Å². The Bertz CT molecular complexity index is 3880. The number of para-hydroxylation sites is 3. The van der Waals surface area contributed by atoms with Crippen LogP contribution in [0.4, 0.5) is 51.4 Å². The molecule has 1 saturated carbocycles. The summed E-state index contributed by atoms with van der Waals surface area (Å²) in [4.78, 5) is 5.63. The average molecular weight is 930 g/mol. The van der Waals surface area contributed by atoms with Crippen molar-refractivity contribution in [2.45, 2.75) is 130 Å². The van der Waals surface area contributed by atoms with Crippen molar-refractivity contribution in [3.05, 3.63) is 173 Å². The van der Waals surface area contributed by atoms with Crippen molar-refractivity contribution in [2.75, 3.05) is 14.7 Å². The maximum absolute atomic E-state index is 9.57. The van der Waals surface area contributed by atoms with Crippen molar-refractivity contribution in [2.24, 2.45) is 0 Å². The van der Waals surface area contributed by atoms with E-state index in [2.05, 4.69) is 166 Å². The number of hydrogen-bond acceptors (Lipinski definition) is 5. The number of ether oxygens (including phenoxy) is 1. The van der Waals surface area contributed by atoms with Gasteiger partial charge in [0.05, 0.1) is 25.1 Å². The highest BCUT2D eigenvalue weighted by Gasteiger charge is 2.58. The zero-order valence-electron chi connectivity index (χ0n) is 52.4. The van der Waals surface area contributed by atoms with Crippen LogP contribution in [0.2, 0.25) is 0 Å². The second-order valence-corrected chi connectivity index (χ2v) is 23.5. The van der Waals surface area contributed by atoms with Gasteiger partial charge in [0.15, 0.2) is 0 Å². The van der Waals surface area contributed by atoms with Gasteiger partial charge in [-0.25, -0.2) is 0 Å². The molecule has 0 amide bonds. The van der Waals surface area contributed by atoms with Gasteiger partial charge in [-0.3, -0.25) is 4.90 Å². The normalized spacial score (nSPS) is 21.1. The Morgan fingerprint density at radius 2 is 1.24 bits per heavy atom. The van der Waals surface area contributed by atoms with Gasteiger partial charge >= 0.3 is 0 Å². The molecule has 0 radical (unpaired) electrons. The van der Waals surface area contributed by atoms with Crippen LogP contribution in [0.15, 0.2) is 150 Å². The molecule has 5 nitrogen and oxygen atoms in total.